The van der Waals surface area contributed by atoms with Gasteiger partial charge in [0.25, 0.3) is 0 Å². The number of nitrogens with one attached hydrogen (secondary N) is 1. The molecule has 0 bridgehead atoms. The monoisotopic (exact) mass is 309 g/mol. The van der Waals surface area contributed by atoms with Gasteiger partial charge in [-0.1, -0.05) is 35.3 Å². The van der Waals surface area contributed by atoms with Gasteiger partial charge in [-0.3, -0.25) is 0 Å². The van der Waals surface area contributed by atoms with Gasteiger partial charge in [0.05, 0.1) is 15.3 Å². The molecular formula is C12H17Cl2NO2S. The number of benzene rings is 1. The van der Waals surface area contributed by atoms with Crippen molar-refractivity contribution in [2.75, 3.05) is 13.3 Å². The van der Waals surface area contributed by atoms with Gasteiger partial charge in [-0.2, -0.15) is 0 Å². The van der Waals surface area contributed by atoms with Crippen LogP contribution < -0.4 is 5.32 Å². The van der Waals surface area contributed by atoms with Gasteiger partial charge in [0.1, 0.15) is 0 Å². The molecule has 0 saturated heterocycles. The van der Waals surface area contributed by atoms with E-state index in [1.807, 2.05) is 6.07 Å². The van der Waals surface area contributed by atoms with Crippen LogP contribution in [0.5, 0.6) is 0 Å². The molecule has 1 aromatic carbocycles. The molecule has 0 fully saturated rings. The first-order valence-corrected chi connectivity index (χ1v) is 8.27. The van der Waals surface area contributed by atoms with Crippen LogP contribution in [0.2, 0.25) is 10.0 Å². The molecule has 0 spiro atoms. The van der Waals surface area contributed by atoms with Gasteiger partial charge in [0.2, 0.25) is 0 Å². The van der Waals surface area contributed by atoms with Crippen LogP contribution in [0, 0.1) is 0 Å². The molecule has 1 N–H and O–H groups in total. The fraction of sp³-hybridized carbons (Fsp3) is 0.500. The number of sulfone groups is 1. The quantitative estimate of drug-likeness (QED) is 0.909. The number of halogens is 2. The summed E-state index contributed by atoms with van der Waals surface area (Å²) in [5.41, 5.74) is 0.846. The Balaban J connectivity index is 2.97. The van der Waals surface area contributed by atoms with Crippen molar-refractivity contribution >= 4 is 33.0 Å². The third-order valence-corrected chi connectivity index (χ3v) is 5.62. The van der Waals surface area contributed by atoms with Gasteiger partial charge in [0.15, 0.2) is 9.84 Å². The summed E-state index contributed by atoms with van der Waals surface area (Å²) in [5, 5.41) is 3.50. The third-order valence-electron chi connectivity index (χ3n) is 3.08. The predicted octanol–water partition coefficient (Wildman–Crippen LogP) is 2.56. The normalized spacial score (nSPS) is 15.4. The molecule has 0 aromatic heterocycles. The smallest absolute Gasteiger partial charge is 0.151 e. The van der Waals surface area contributed by atoms with Gasteiger partial charge >= 0.3 is 0 Å². The Labute approximate surface area is 118 Å². The van der Waals surface area contributed by atoms with Crippen molar-refractivity contribution in [3.05, 3.63) is 33.8 Å². The lowest BCUT2D eigenvalue weighted by Crippen LogP contribution is -2.42. The van der Waals surface area contributed by atoms with E-state index in [4.69, 9.17) is 23.2 Å². The lowest BCUT2D eigenvalue weighted by Gasteiger charge is -2.22. The van der Waals surface area contributed by atoms with Crippen molar-refractivity contribution in [2.24, 2.45) is 0 Å². The zero-order valence-electron chi connectivity index (χ0n) is 10.6. The van der Waals surface area contributed by atoms with E-state index in [1.165, 1.54) is 6.26 Å². The summed E-state index contributed by atoms with van der Waals surface area (Å²) in [7, 11) is -1.35. The highest BCUT2D eigenvalue weighted by atomic mass is 35.5. The Morgan fingerprint density at radius 3 is 2.44 bits per heavy atom. The van der Waals surface area contributed by atoms with Crippen molar-refractivity contribution in [2.45, 2.75) is 24.6 Å². The minimum absolute atomic E-state index is 0.198. The summed E-state index contributed by atoms with van der Waals surface area (Å²) >= 11 is 12.0. The highest BCUT2D eigenvalue weighted by Crippen LogP contribution is 2.27. The summed E-state index contributed by atoms with van der Waals surface area (Å²) in [6, 6.07) is 5.17. The van der Waals surface area contributed by atoms with Gasteiger partial charge in [-0.25, -0.2) is 8.42 Å². The molecule has 0 aliphatic rings. The zero-order valence-corrected chi connectivity index (χ0v) is 12.9. The SMILES string of the molecule is CNC(Cc1cccc(Cl)c1Cl)C(C)S(C)(=O)=O. The predicted molar refractivity (Wildman–Crippen MR) is 77.3 cm³/mol. The molecule has 0 radical (unpaired) electrons. The van der Waals surface area contributed by atoms with Crippen LogP contribution in [-0.2, 0) is 16.3 Å². The molecule has 0 saturated carbocycles. The van der Waals surface area contributed by atoms with Crippen molar-refractivity contribution in [1.82, 2.24) is 5.32 Å². The first-order chi connectivity index (χ1) is 8.27. The first-order valence-electron chi connectivity index (χ1n) is 5.56. The Kier molecular flexibility index (Phi) is 5.46. The Bertz CT molecular complexity index is 517. The third kappa shape index (κ3) is 3.85. The summed E-state index contributed by atoms with van der Waals surface area (Å²) in [6.45, 7) is 1.69. The zero-order chi connectivity index (χ0) is 13.9. The first kappa shape index (κ1) is 15.8. The van der Waals surface area contributed by atoms with Crippen LogP contribution in [0.4, 0.5) is 0 Å². The second kappa shape index (κ2) is 6.24. The van der Waals surface area contributed by atoms with Gasteiger partial charge in [-0.05, 0) is 32.0 Å². The van der Waals surface area contributed by atoms with Gasteiger partial charge in [-0.15, -0.1) is 0 Å². The summed E-state index contributed by atoms with van der Waals surface area (Å²) in [4.78, 5) is 0. The van der Waals surface area contributed by atoms with Crippen molar-refractivity contribution in [3.8, 4) is 0 Å². The largest absolute Gasteiger partial charge is 0.315 e. The van der Waals surface area contributed by atoms with E-state index >= 15 is 0 Å². The van der Waals surface area contributed by atoms with E-state index in [0.717, 1.165) is 5.56 Å². The maximum atomic E-state index is 11.6. The highest BCUT2D eigenvalue weighted by Gasteiger charge is 2.25. The standard InChI is InChI=1S/C12H17Cl2NO2S/c1-8(18(3,16)17)11(15-2)7-9-5-4-6-10(13)12(9)14/h4-6,8,11,15H,7H2,1-3H3. The van der Waals surface area contributed by atoms with E-state index in [0.29, 0.717) is 16.5 Å². The molecule has 0 aliphatic heterocycles. The van der Waals surface area contributed by atoms with Gasteiger partial charge in [0, 0.05) is 12.3 Å². The molecule has 1 rings (SSSR count). The molecule has 3 nitrogen and oxygen atoms in total. The Morgan fingerprint density at radius 2 is 1.94 bits per heavy atom. The van der Waals surface area contributed by atoms with E-state index in [9.17, 15) is 8.42 Å². The maximum Gasteiger partial charge on any atom is 0.151 e. The van der Waals surface area contributed by atoms with Crippen molar-refractivity contribution in [1.29, 1.82) is 0 Å². The Morgan fingerprint density at radius 1 is 1.33 bits per heavy atom. The van der Waals surface area contributed by atoms with Crippen molar-refractivity contribution < 1.29 is 8.42 Å². The minimum atomic E-state index is -3.10. The summed E-state index contributed by atoms with van der Waals surface area (Å²) in [6.07, 6.45) is 1.76. The molecule has 2 unspecified atom stereocenters. The topological polar surface area (TPSA) is 46.2 Å². The van der Waals surface area contributed by atoms with E-state index < -0.39 is 15.1 Å². The highest BCUT2D eigenvalue weighted by molar-refractivity contribution is 7.91. The second-order valence-electron chi connectivity index (χ2n) is 4.35. The van der Waals surface area contributed by atoms with Gasteiger partial charge < -0.3 is 5.32 Å². The van der Waals surface area contributed by atoms with Crippen LogP contribution >= 0.6 is 23.2 Å². The molecular weight excluding hydrogens is 293 g/mol. The van der Waals surface area contributed by atoms with Crippen LogP contribution in [0.25, 0.3) is 0 Å². The lowest BCUT2D eigenvalue weighted by molar-refractivity contribution is 0.516. The van der Waals surface area contributed by atoms with Crippen LogP contribution in [0.1, 0.15) is 12.5 Å². The van der Waals surface area contributed by atoms with Crippen LogP contribution in [0.15, 0.2) is 18.2 Å². The van der Waals surface area contributed by atoms with Crippen LogP contribution in [-0.4, -0.2) is 33.0 Å². The number of hydrogen-bond donors (Lipinski definition) is 1. The maximum absolute atomic E-state index is 11.6. The molecule has 2 atom stereocenters. The van der Waals surface area contributed by atoms with E-state index in [2.05, 4.69) is 5.32 Å². The molecule has 6 heteroatoms. The van der Waals surface area contributed by atoms with Crippen molar-refractivity contribution in [3.63, 3.8) is 0 Å². The second-order valence-corrected chi connectivity index (χ2v) is 7.53. The van der Waals surface area contributed by atoms with E-state index in [1.54, 1.807) is 26.1 Å². The lowest BCUT2D eigenvalue weighted by atomic mass is 10.0. The molecule has 1 aromatic rings. The number of likely N-dealkylation sites (N-methyl/N-ethyl adjacent to an activating group) is 1. The molecule has 18 heavy (non-hydrogen) atoms. The average molecular weight is 310 g/mol. The Hall–Kier alpha value is -0.290. The average Bonchev–Trinajstić information content (AvgIpc) is 2.29. The number of rotatable bonds is 5. The fourth-order valence-corrected chi connectivity index (χ4v) is 2.97. The van der Waals surface area contributed by atoms with E-state index in [-0.39, 0.29) is 6.04 Å². The molecule has 102 valence electrons. The number of hydrogen-bond acceptors (Lipinski definition) is 3. The summed E-state index contributed by atoms with van der Waals surface area (Å²) in [5.74, 6) is 0. The molecule has 0 amide bonds. The molecule has 0 aliphatic carbocycles. The molecule has 0 heterocycles. The minimum Gasteiger partial charge on any atom is -0.315 e. The summed E-state index contributed by atoms with van der Waals surface area (Å²) < 4.78 is 23.1. The van der Waals surface area contributed by atoms with Crippen LogP contribution in [0.3, 0.4) is 0 Å². The fourth-order valence-electron chi connectivity index (χ4n) is 1.74.